The molecule has 0 spiro atoms. The summed E-state index contributed by atoms with van der Waals surface area (Å²) in [5.41, 5.74) is 0.811. The van der Waals surface area contributed by atoms with Gasteiger partial charge in [0.15, 0.2) is 0 Å². The number of benzene rings is 1. The number of piperidine rings is 1. The SMILES string of the molecule is O=C(O)C1CCCCN1C(=O)NCc1ccccc1Cl. The molecule has 0 radical (unpaired) electrons. The van der Waals surface area contributed by atoms with Gasteiger partial charge in [0.1, 0.15) is 6.04 Å². The molecule has 0 saturated carbocycles. The monoisotopic (exact) mass is 296 g/mol. The summed E-state index contributed by atoms with van der Waals surface area (Å²) in [7, 11) is 0. The zero-order valence-corrected chi connectivity index (χ0v) is 11.8. The number of carbonyl (C=O) groups is 2. The first-order chi connectivity index (χ1) is 9.59. The third kappa shape index (κ3) is 3.42. The van der Waals surface area contributed by atoms with Crippen LogP contribution in [0.4, 0.5) is 4.79 Å². The Morgan fingerprint density at radius 3 is 2.80 bits per heavy atom. The lowest BCUT2D eigenvalue weighted by Crippen LogP contribution is -2.51. The van der Waals surface area contributed by atoms with Crippen LogP contribution >= 0.6 is 11.6 Å². The molecule has 1 fully saturated rings. The molecule has 0 aliphatic carbocycles. The second-order valence-corrected chi connectivity index (χ2v) is 5.20. The highest BCUT2D eigenvalue weighted by atomic mass is 35.5. The predicted octanol–water partition coefficient (Wildman–Crippen LogP) is 2.49. The number of hydrogen-bond donors (Lipinski definition) is 2. The van der Waals surface area contributed by atoms with Gasteiger partial charge in [0, 0.05) is 18.1 Å². The van der Waals surface area contributed by atoms with Gasteiger partial charge in [-0.3, -0.25) is 0 Å². The van der Waals surface area contributed by atoms with Crippen LogP contribution in [0.5, 0.6) is 0 Å². The number of likely N-dealkylation sites (tertiary alicyclic amines) is 1. The minimum atomic E-state index is -0.947. The first kappa shape index (κ1) is 14.7. The molecule has 1 aliphatic heterocycles. The molecule has 2 rings (SSSR count). The summed E-state index contributed by atoms with van der Waals surface area (Å²) in [6, 6.07) is 6.16. The van der Waals surface area contributed by atoms with Crippen LogP contribution in [0.15, 0.2) is 24.3 Å². The molecule has 1 unspecified atom stereocenters. The molecule has 1 saturated heterocycles. The molecule has 2 N–H and O–H groups in total. The molecule has 5 nitrogen and oxygen atoms in total. The van der Waals surface area contributed by atoms with Crippen molar-refractivity contribution in [3.8, 4) is 0 Å². The van der Waals surface area contributed by atoms with Crippen molar-refractivity contribution in [1.29, 1.82) is 0 Å². The van der Waals surface area contributed by atoms with Crippen LogP contribution in [0.3, 0.4) is 0 Å². The van der Waals surface area contributed by atoms with Crippen LogP contribution in [-0.2, 0) is 11.3 Å². The molecule has 1 aromatic rings. The summed E-state index contributed by atoms with van der Waals surface area (Å²) in [4.78, 5) is 24.7. The van der Waals surface area contributed by atoms with Crippen LogP contribution in [0.2, 0.25) is 5.02 Å². The van der Waals surface area contributed by atoms with Crippen molar-refractivity contribution >= 4 is 23.6 Å². The van der Waals surface area contributed by atoms with Gasteiger partial charge in [-0.1, -0.05) is 29.8 Å². The second kappa shape index (κ2) is 6.61. The summed E-state index contributed by atoms with van der Waals surface area (Å²) in [5.74, 6) is -0.947. The van der Waals surface area contributed by atoms with Gasteiger partial charge in [0.25, 0.3) is 0 Å². The van der Waals surface area contributed by atoms with E-state index >= 15 is 0 Å². The Kier molecular flexibility index (Phi) is 4.84. The van der Waals surface area contributed by atoms with E-state index in [0.29, 0.717) is 24.5 Å². The largest absolute Gasteiger partial charge is 0.480 e. The number of aliphatic carboxylic acids is 1. The lowest BCUT2D eigenvalue weighted by molar-refractivity contribution is -0.143. The van der Waals surface area contributed by atoms with Crippen molar-refractivity contribution in [2.75, 3.05) is 6.54 Å². The number of carbonyl (C=O) groups excluding carboxylic acids is 1. The average molecular weight is 297 g/mol. The lowest BCUT2D eigenvalue weighted by Gasteiger charge is -2.32. The zero-order chi connectivity index (χ0) is 14.5. The van der Waals surface area contributed by atoms with Gasteiger partial charge < -0.3 is 15.3 Å². The molecular weight excluding hydrogens is 280 g/mol. The summed E-state index contributed by atoms with van der Waals surface area (Å²) in [6.07, 6.45) is 2.18. The highest BCUT2D eigenvalue weighted by Crippen LogP contribution is 2.18. The highest BCUT2D eigenvalue weighted by molar-refractivity contribution is 6.31. The first-order valence-electron chi connectivity index (χ1n) is 6.60. The summed E-state index contributed by atoms with van der Waals surface area (Å²) in [6.45, 7) is 0.771. The van der Waals surface area contributed by atoms with E-state index in [-0.39, 0.29) is 6.03 Å². The standard InChI is InChI=1S/C14H17ClN2O3/c15-11-6-2-1-5-10(11)9-16-14(20)17-8-4-3-7-12(17)13(18)19/h1-2,5-6,12H,3-4,7-9H2,(H,16,20)(H,18,19). The maximum absolute atomic E-state index is 12.1. The van der Waals surface area contributed by atoms with Crippen molar-refractivity contribution in [2.24, 2.45) is 0 Å². The quantitative estimate of drug-likeness (QED) is 0.900. The maximum atomic E-state index is 12.1. The van der Waals surface area contributed by atoms with Crippen LogP contribution in [-0.4, -0.2) is 34.6 Å². The van der Waals surface area contributed by atoms with Crippen molar-refractivity contribution in [2.45, 2.75) is 31.8 Å². The van der Waals surface area contributed by atoms with Crippen molar-refractivity contribution in [3.63, 3.8) is 0 Å². The number of rotatable bonds is 3. The molecule has 1 aromatic carbocycles. The number of halogens is 1. The van der Waals surface area contributed by atoms with Gasteiger partial charge in [0.2, 0.25) is 0 Å². The highest BCUT2D eigenvalue weighted by Gasteiger charge is 2.31. The van der Waals surface area contributed by atoms with E-state index in [2.05, 4.69) is 5.32 Å². The molecule has 20 heavy (non-hydrogen) atoms. The van der Waals surface area contributed by atoms with E-state index in [0.717, 1.165) is 18.4 Å². The Morgan fingerprint density at radius 1 is 1.35 bits per heavy atom. The number of nitrogens with zero attached hydrogens (tertiary/aromatic N) is 1. The van der Waals surface area contributed by atoms with Crippen molar-refractivity contribution in [1.82, 2.24) is 10.2 Å². The summed E-state index contributed by atoms with van der Waals surface area (Å²) in [5, 5.41) is 12.5. The van der Waals surface area contributed by atoms with Gasteiger partial charge >= 0.3 is 12.0 Å². The van der Waals surface area contributed by atoms with Crippen LogP contribution < -0.4 is 5.32 Å². The molecule has 0 aromatic heterocycles. The molecule has 2 amide bonds. The van der Waals surface area contributed by atoms with Crippen molar-refractivity contribution < 1.29 is 14.7 Å². The molecule has 1 heterocycles. The van der Waals surface area contributed by atoms with Gasteiger partial charge in [-0.25, -0.2) is 9.59 Å². The summed E-state index contributed by atoms with van der Waals surface area (Å²) >= 11 is 6.01. The van der Waals surface area contributed by atoms with Gasteiger partial charge in [-0.2, -0.15) is 0 Å². The Bertz CT molecular complexity index is 507. The van der Waals surface area contributed by atoms with Gasteiger partial charge in [-0.15, -0.1) is 0 Å². The molecule has 108 valence electrons. The third-order valence-corrected chi connectivity index (χ3v) is 3.81. The number of carboxylic acid groups (broad SMARTS) is 1. The average Bonchev–Trinajstić information content (AvgIpc) is 2.46. The minimum absolute atomic E-state index is 0.293. The predicted molar refractivity (Wildman–Crippen MR) is 75.7 cm³/mol. The maximum Gasteiger partial charge on any atom is 0.326 e. The Morgan fingerprint density at radius 2 is 2.10 bits per heavy atom. The number of amides is 2. The van der Waals surface area contributed by atoms with Crippen LogP contribution in [0, 0.1) is 0 Å². The first-order valence-corrected chi connectivity index (χ1v) is 6.98. The normalized spacial score (nSPS) is 18.6. The fourth-order valence-corrected chi connectivity index (χ4v) is 2.55. The van der Waals surface area contributed by atoms with Gasteiger partial charge in [-0.05, 0) is 30.9 Å². The van der Waals surface area contributed by atoms with Gasteiger partial charge in [0.05, 0.1) is 0 Å². The minimum Gasteiger partial charge on any atom is -0.480 e. The van der Waals surface area contributed by atoms with E-state index < -0.39 is 12.0 Å². The van der Waals surface area contributed by atoms with E-state index in [1.165, 1.54) is 4.90 Å². The molecule has 1 aliphatic rings. The molecule has 1 atom stereocenters. The number of hydrogen-bond acceptors (Lipinski definition) is 2. The molecule has 0 bridgehead atoms. The third-order valence-electron chi connectivity index (χ3n) is 3.44. The Labute approximate surface area is 122 Å². The molecule has 6 heteroatoms. The van der Waals surface area contributed by atoms with Crippen LogP contribution in [0.25, 0.3) is 0 Å². The lowest BCUT2D eigenvalue weighted by atomic mass is 10.0. The Hall–Kier alpha value is -1.75. The number of nitrogens with one attached hydrogen (secondary N) is 1. The molecular formula is C14H17ClN2O3. The van der Waals surface area contributed by atoms with E-state index in [9.17, 15) is 9.59 Å². The van der Waals surface area contributed by atoms with Crippen LogP contribution in [0.1, 0.15) is 24.8 Å². The van der Waals surface area contributed by atoms with E-state index in [1.807, 2.05) is 18.2 Å². The fourth-order valence-electron chi connectivity index (χ4n) is 2.35. The number of carboxylic acids is 1. The number of urea groups is 1. The summed E-state index contributed by atoms with van der Waals surface area (Å²) < 4.78 is 0. The topological polar surface area (TPSA) is 69.6 Å². The van der Waals surface area contributed by atoms with E-state index in [1.54, 1.807) is 6.07 Å². The van der Waals surface area contributed by atoms with Crippen molar-refractivity contribution in [3.05, 3.63) is 34.9 Å². The smallest absolute Gasteiger partial charge is 0.326 e. The van der Waals surface area contributed by atoms with E-state index in [4.69, 9.17) is 16.7 Å². The fraction of sp³-hybridized carbons (Fsp3) is 0.429. The second-order valence-electron chi connectivity index (χ2n) is 4.79. The Balaban J connectivity index is 1.97. The zero-order valence-electron chi connectivity index (χ0n) is 11.0.